The molecule has 20 heavy (non-hydrogen) atoms. The molecule has 4 nitrogen and oxygen atoms in total. The number of pyridine rings is 1. The first-order valence-corrected chi connectivity index (χ1v) is 6.80. The molecule has 0 saturated heterocycles. The molecule has 0 saturated carbocycles. The van der Waals surface area contributed by atoms with Crippen molar-refractivity contribution >= 4 is 29.3 Å². The third-order valence-corrected chi connectivity index (χ3v) is 2.63. The number of rotatable bonds is 2. The lowest BCUT2D eigenvalue weighted by molar-refractivity contribution is 0.0529. The summed E-state index contributed by atoms with van der Waals surface area (Å²) >= 11 is 11.5. The van der Waals surface area contributed by atoms with Gasteiger partial charge in [-0.25, -0.2) is 9.78 Å². The smallest absolute Gasteiger partial charge is 0.407 e. The van der Waals surface area contributed by atoms with E-state index in [2.05, 4.69) is 22.1 Å². The Labute approximate surface area is 128 Å². The number of halogens is 2. The van der Waals surface area contributed by atoms with E-state index in [0.717, 1.165) is 0 Å². The number of carbonyl (C=O) groups excluding carboxylic acids is 1. The maximum Gasteiger partial charge on any atom is 0.407 e. The Morgan fingerprint density at radius 1 is 1.45 bits per heavy atom. The van der Waals surface area contributed by atoms with E-state index in [1.54, 1.807) is 12.3 Å². The molecule has 1 rings (SSSR count). The zero-order valence-electron chi connectivity index (χ0n) is 11.6. The van der Waals surface area contributed by atoms with Gasteiger partial charge in [0.05, 0.1) is 5.02 Å². The van der Waals surface area contributed by atoms with Gasteiger partial charge in [0.2, 0.25) is 0 Å². The lowest BCUT2D eigenvalue weighted by Crippen LogP contribution is -2.32. The molecule has 6 heteroatoms. The monoisotopic (exact) mass is 314 g/mol. The number of aromatic nitrogens is 1. The van der Waals surface area contributed by atoms with Crippen LogP contribution in [0.15, 0.2) is 12.3 Å². The van der Waals surface area contributed by atoms with Crippen LogP contribution in [-0.4, -0.2) is 23.2 Å². The number of nitrogens with one attached hydrogen (secondary N) is 1. The van der Waals surface area contributed by atoms with Crippen LogP contribution in [0, 0.1) is 11.8 Å². The second-order valence-electron chi connectivity index (χ2n) is 4.98. The highest BCUT2D eigenvalue weighted by atomic mass is 35.5. The second-order valence-corrected chi connectivity index (χ2v) is 5.74. The van der Waals surface area contributed by atoms with Crippen molar-refractivity contribution < 1.29 is 9.53 Å². The summed E-state index contributed by atoms with van der Waals surface area (Å²) < 4.78 is 5.09. The van der Waals surface area contributed by atoms with Crippen LogP contribution in [0.4, 0.5) is 4.79 Å². The molecule has 0 unspecified atom stereocenters. The molecular weight excluding hydrogens is 299 g/mol. The first-order valence-electron chi connectivity index (χ1n) is 6.05. The number of amides is 1. The predicted molar refractivity (Wildman–Crippen MR) is 80.0 cm³/mol. The molecule has 0 bridgehead atoms. The quantitative estimate of drug-likeness (QED) is 0.515. The van der Waals surface area contributed by atoms with Crippen LogP contribution in [0.25, 0.3) is 0 Å². The summed E-state index contributed by atoms with van der Waals surface area (Å²) in [6.45, 7) is 5.84. The van der Waals surface area contributed by atoms with Crippen molar-refractivity contribution in [1.82, 2.24) is 10.3 Å². The molecule has 1 heterocycles. The standard InChI is InChI=1S/C14H16Cl2N2O2/c1-14(2,3)20-13(19)17-7-5-4-6-10-8-11(15)12(16)18-9-10/h8-9H,5,7H2,1-3H3,(H,17,19). The summed E-state index contributed by atoms with van der Waals surface area (Å²) in [4.78, 5) is 15.2. The molecule has 0 aromatic carbocycles. The molecule has 0 fully saturated rings. The van der Waals surface area contributed by atoms with Gasteiger partial charge < -0.3 is 10.1 Å². The van der Waals surface area contributed by atoms with Crippen molar-refractivity contribution in [3.05, 3.63) is 28.0 Å². The maximum atomic E-state index is 11.4. The summed E-state index contributed by atoms with van der Waals surface area (Å²) in [5.74, 6) is 5.79. The summed E-state index contributed by atoms with van der Waals surface area (Å²) in [6.07, 6.45) is 1.60. The Morgan fingerprint density at radius 3 is 2.75 bits per heavy atom. The van der Waals surface area contributed by atoms with Gasteiger partial charge in [-0.1, -0.05) is 35.0 Å². The minimum Gasteiger partial charge on any atom is -0.444 e. The van der Waals surface area contributed by atoms with Crippen LogP contribution >= 0.6 is 23.2 Å². The van der Waals surface area contributed by atoms with E-state index >= 15 is 0 Å². The van der Waals surface area contributed by atoms with Crippen molar-refractivity contribution in [2.75, 3.05) is 6.54 Å². The van der Waals surface area contributed by atoms with Gasteiger partial charge >= 0.3 is 6.09 Å². The van der Waals surface area contributed by atoms with Gasteiger partial charge in [-0.05, 0) is 26.8 Å². The number of nitrogens with zero attached hydrogens (tertiary/aromatic N) is 1. The van der Waals surface area contributed by atoms with Gasteiger partial charge in [-0.3, -0.25) is 0 Å². The number of hydrogen-bond donors (Lipinski definition) is 1. The van der Waals surface area contributed by atoms with Crippen LogP contribution in [0.1, 0.15) is 32.8 Å². The van der Waals surface area contributed by atoms with Crippen LogP contribution in [0.3, 0.4) is 0 Å². The highest BCUT2D eigenvalue weighted by molar-refractivity contribution is 6.41. The molecule has 0 aliphatic carbocycles. The Kier molecular flexibility index (Phi) is 6.12. The van der Waals surface area contributed by atoms with Crippen molar-refractivity contribution in [3.63, 3.8) is 0 Å². The minimum atomic E-state index is -0.499. The van der Waals surface area contributed by atoms with Crippen molar-refractivity contribution in [2.24, 2.45) is 0 Å². The first-order chi connectivity index (χ1) is 9.28. The number of hydrogen-bond acceptors (Lipinski definition) is 3. The molecule has 0 atom stereocenters. The maximum absolute atomic E-state index is 11.4. The molecule has 108 valence electrons. The van der Waals surface area contributed by atoms with Gasteiger partial charge in [0, 0.05) is 24.7 Å². The van der Waals surface area contributed by atoms with E-state index in [1.807, 2.05) is 20.8 Å². The predicted octanol–water partition coefficient (Wildman–Crippen LogP) is 3.65. The third-order valence-electron chi connectivity index (χ3n) is 1.95. The summed E-state index contributed by atoms with van der Waals surface area (Å²) in [6, 6.07) is 1.64. The summed E-state index contributed by atoms with van der Waals surface area (Å²) in [5.41, 5.74) is 0.179. The van der Waals surface area contributed by atoms with E-state index in [0.29, 0.717) is 23.6 Å². The third kappa shape index (κ3) is 6.65. The van der Waals surface area contributed by atoms with Gasteiger partial charge in [-0.15, -0.1) is 0 Å². The van der Waals surface area contributed by atoms with Crippen LogP contribution in [-0.2, 0) is 4.74 Å². The zero-order valence-corrected chi connectivity index (χ0v) is 13.1. The molecule has 1 N–H and O–H groups in total. The van der Waals surface area contributed by atoms with Crippen molar-refractivity contribution in [3.8, 4) is 11.8 Å². The fraction of sp³-hybridized carbons (Fsp3) is 0.429. The molecule has 0 radical (unpaired) electrons. The average molecular weight is 315 g/mol. The first kappa shape index (κ1) is 16.6. The Bertz CT molecular complexity index is 542. The highest BCUT2D eigenvalue weighted by Gasteiger charge is 2.15. The minimum absolute atomic E-state index is 0.254. The Morgan fingerprint density at radius 2 is 2.15 bits per heavy atom. The number of alkyl carbamates (subject to hydrolysis) is 1. The van der Waals surface area contributed by atoms with E-state index in [1.165, 1.54) is 0 Å². The van der Waals surface area contributed by atoms with Crippen molar-refractivity contribution in [1.29, 1.82) is 0 Å². The highest BCUT2D eigenvalue weighted by Crippen LogP contribution is 2.19. The number of carbonyl (C=O) groups is 1. The largest absolute Gasteiger partial charge is 0.444 e. The fourth-order valence-electron chi connectivity index (χ4n) is 1.20. The van der Waals surface area contributed by atoms with Gasteiger partial charge in [0.25, 0.3) is 0 Å². The molecule has 0 aliphatic rings. The van der Waals surface area contributed by atoms with Crippen LogP contribution in [0.2, 0.25) is 10.2 Å². The molecule has 0 spiro atoms. The van der Waals surface area contributed by atoms with Crippen LogP contribution < -0.4 is 5.32 Å². The van der Waals surface area contributed by atoms with E-state index in [9.17, 15) is 4.79 Å². The van der Waals surface area contributed by atoms with E-state index in [-0.39, 0.29) is 5.15 Å². The second kappa shape index (κ2) is 7.37. The Balaban J connectivity index is 2.36. The SMILES string of the molecule is CC(C)(C)OC(=O)NCCC#Cc1cnc(Cl)c(Cl)c1. The molecule has 0 aliphatic heterocycles. The fourth-order valence-corrected chi connectivity index (χ4v) is 1.47. The van der Waals surface area contributed by atoms with E-state index < -0.39 is 11.7 Å². The average Bonchev–Trinajstić information content (AvgIpc) is 2.31. The van der Waals surface area contributed by atoms with Gasteiger partial charge in [0.1, 0.15) is 10.8 Å². The topological polar surface area (TPSA) is 51.2 Å². The Hall–Kier alpha value is -1.44. The molecular formula is C14H16Cl2N2O2. The summed E-state index contributed by atoms with van der Waals surface area (Å²) in [7, 11) is 0. The van der Waals surface area contributed by atoms with Crippen LogP contribution in [0.5, 0.6) is 0 Å². The molecule has 1 aromatic rings. The molecule has 1 amide bonds. The van der Waals surface area contributed by atoms with E-state index in [4.69, 9.17) is 27.9 Å². The van der Waals surface area contributed by atoms with Crippen molar-refractivity contribution in [2.45, 2.75) is 32.8 Å². The normalized spacial score (nSPS) is 10.4. The lowest BCUT2D eigenvalue weighted by Gasteiger charge is -2.19. The van der Waals surface area contributed by atoms with Gasteiger partial charge in [-0.2, -0.15) is 0 Å². The number of ether oxygens (including phenoxy) is 1. The van der Waals surface area contributed by atoms with Gasteiger partial charge in [0.15, 0.2) is 0 Å². The molecule has 1 aromatic heterocycles. The lowest BCUT2D eigenvalue weighted by atomic mass is 10.2. The summed E-state index contributed by atoms with van der Waals surface area (Å²) in [5, 5.41) is 3.24. The zero-order chi connectivity index (χ0) is 15.2.